The number of para-hydroxylation sites is 1. The fraction of sp³-hybridized carbons (Fsp3) is 0.167. The van der Waals surface area contributed by atoms with Gasteiger partial charge in [-0.15, -0.1) is 0 Å². The molecule has 0 fully saturated rings. The van der Waals surface area contributed by atoms with Crippen LogP contribution in [0.2, 0.25) is 0 Å². The molecule has 0 radical (unpaired) electrons. The van der Waals surface area contributed by atoms with Gasteiger partial charge < -0.3 is 9.64 Å². The molecule has 1 heterocycles. The highest BCUT2D eigenvalue weighted by Crippen LogP contribution is 2.28. The maximum absolute atomic E-state index is 14.3. The first-order chi connectivity index (χ1) is 11.5. The Kier molecular flexibility index (Phi) is 4.12. The van der Waals surface area contributed by atoms with Crippen LogP contribution in [-0.4, -0.2) is 37.1 Å². The second-order valence-corrected chi connectivity index (χ2v) is 5.47. The number of benzene rings is 2. The SMILES string of the molecule is COC(=O)c1ccc(F)c(-c2nc(N(C)C)c3ccccc3n2)c1. The summed E-state index contributed by atoms with van der Waals surface area (Å²) < 4.78 is 19.0. The van der Waals surface area contributed by atoms with Gasteiger partial charge in [0.15, 0.2) is 5.82 Å². The number of esters is 1. The molecule has 0 aliphatic rings. The Morgan fingerprint density at radius 3 is 2.58 bits per heavy atom. The van der Waals surface area contributed by atoms with Crippen molar-refractivity contribution in [2.45, 2.75) is 0 Å². The second-order valence-electron chi connectivity index (χ2n) is 5.47. The number of carbonyl (C=O) groups is 1. The molecule has 24 heavy (non-hydrogen) atoms. The van der Waals surface area contributed by atoms with Crippen LogP contribution in [0.4, 0.5) is 10.2 Å². The molecule has 0 aliphatic heterocycles. The molecule has 3 rings (SSSR count). The molecule has 0 aliphatic carbocycles. The number of nitrogens with zero attached hydrogens (tertiary/aromatic N) is 3. The summed E-state index contributed by atoms with van der Waals surface area (Å²) in [4.78, 5) is 22.5. The lowest BCUT2D eigenvalue weighted by Gasteiger charge is -2.15. The Bertz CT molecular complexity index is 925. The number of methoxy groups -OCH3 is 1. The van der Waals surface area contributed by atoms with E-state index in [4.69, 9.17) is 0 Å². The topological polar surface area (TPSA) is 55.3 Å². The van der Waals surface area contributed by atoms with E-state index in [1.807, 2.05) is 43.3 Å². The van der Waals surface area contributed by atoms with Gasteiger partial charge in [-0.2, -0.15) is 0 Å². The van der Waals surface area contributed by atoms with Crippen LogP contribution in [0.25, 0.3) is 22.3 Å². The average Bonchev–Trinajstić information content (AvgIpc) is 2.60. The van der Waals surface area contributed by atoms with Crippen molar-refractivity contribution >= 4 is 22.7 Å². The molecule has 3 aromatic rings. The summed E-state index contributed by atoms with van der Waals surface area (Å²) in [5.74, 6) is -0.133. The Labute approximate surface area is 138 Å². The minimum absolute atomic E-state index is 0.159. The van der Waals surface area contributed by atoms with Crippen LogP contribution in [-0.2, 0) is 4.74 Å². The van der Waals surface area contributed by atoms with Gasteiger partial charge >= 0.3 is 5.97 Å². The van der Waals surface area contributed by atoms with Crippen molar-refractivity contribution < 1.29 is 13.9 Å². The summed E-state index contributed by atoms with van der Waals surface area (Å²) in [6, 6.07) is 11.5. The Morgan fingerprint density at radius 2 is 1.88 bits per heavy atom. The Morgan fingerprint density at radius 1 is 1.12 bits per heavy atom. The van der Waals surface area contributed by atoms with Crippen molar-refractivity contribution in [3.8, 4) is 11.4 Å². The molecule has 0 saturated heterocycles. The normalized spacial score (nSPS) is 10.7. The third kappa shape index (κ3) is 2.78. The van der Waals surface area contributed by atoms with Gasteiger partial charge in [-0.05, 0) is 30.3 Å². The Balaban J connectivity index is 2.25. The quantitative estimate of drug-likeness (QED) is 0.692. The fourth-order valence-electron chi connectivity index (χ4n) is 2.46. The van der Waals surface area contributed by atoms with E-state index in [9.17, 15) is 9.18 Å². The summed E-state index contributed by atoms with van der Waals surface area (Å²) in [6.07, 6.45) is 0. The molecule has 2 aromatic carbocycles. The van der Waals surface area contributed by atoms with E-state index in [2.05, 4.69) is 14.7 Å². The second kappa shape index (κ2) is 6.23. The van der Waals surface area contributed by atoms with Crippen LogP contribution in [0, 0.1) is 5.82 Å². The lowest BCUT2D eigenvalue weighted by Crippen LogP contribution is -2.12. The standard InChI is InChI=1S/C18H16FN3O2/c1-22(2)17-12-6-4-5-7-15(12)20-16(21-17)13-10-11(18(23)24-3)8-9-14(13)19/h4-10H,1-3H3. The van der Waals surface area contributed by atoms with Crippen LogP contribution in [0.5, 0.6) is 0 Å². The van der Waals surface area contributed by atoms with E-state index >= 15 is 0 Å². The molecular formula is C18H16FN3O2. The predicted molar refractivity (Wildman–Crippen MR) is 90.6 cm³/mol. The minimum Gasteiger partial charge on any atom is -0.465 e. The summed E-state index contributed by atoms with van der Waals surface area (Å²) in [5.41, 5.74) is 1.11. The smallest absolute Gasteiger partial charge is 0.337 e. The maximum atomic E-state index is 14.3. The zero-order valence-electron chi connectivity index (χ0n) is 13.6. The largest absolute Gasteiger partial charge is 0.465 e. The van der Waals surface area contributed by atoms with E-state index < -0.39 is 11.8 Å². The van der Waals surface area contributed by atoms with Gasteiger partial charge in [-0.25, -0.2) is 19.2 Å². The van der Waals surface area contributed by atoms with Gasteiger partial charge in [0.25, 0.3) is 0 Å². The predicted octanol–water partition coefficient (Wildman–Crippen LogP) is 3.29. The lowest BCUT2D eigenvalue weighted by atomic mass is 10.1. The minimum atomic E-state index is -0.537. The van der Waals surface area contributed by atoms with Crippen molar-refractivity contribution in [3.05, 3.63) is 53.8 Å². The highest BCUT2D eigenvalue weighted by molar-refractivity contribution is 5.93. The fourth-order valence-corrected chi connectivity index (χ4v) is 2.46. The number of aromatic nitrogens is 2. The van der Waals surface area contributed by atoms with E-state index in [1.165, 1.54) is 25.3 Å². The molecule has 5 nitrogen and oxygen atoms in total. The Hall–Kier alpha value is -3.02. The molecule has 6 heteroatoms. The maximum Gasteiger partial charge on any atom is 0.337 e. The summed E-state index contributed by atoms with van der Waals surface area (Å²) >= 11 is 0. The molecule has 0 N–H and O–H groups in total. The van der Waals surface area contributed by atoms with Crippen molar-refractivity contribution in [2.75, 3.05) is 26.1 Å². The molecule has 0 atom stereocenters. The molecule has 0 spiro atoms. The summed E-state index contributed by atoms with van der Waals surface area (Å²) in [7, 11) is 5.00. The molecule has 0 saturated carbocycles. The lowest BCUT2D eigenvalue weighted by molar-refractivity contribution is 0.0600. The van der Waals surface area contributed by atoms with Crippen LogP contribution in [0.3, 0.4) is 0 Å². The number of fused-ring (bicyclic) bond motifs is 1. The van der Waals surface area contributed by atoms with E-state index in [1.54, 1.807) is 0 Å². The van der Waals surface area contributed by atoms with Gasteiger partial charge in [0.1, 0.15) is 11.6 Å². The van der Waals surface area contributed by atoms with E-state index in [0.29, 0.717) is 11.3 Å². The molecule has 122 valence electrons. The molecular weight excluding hydrogens is 309 g/mol. The highest BCUT2D eigenvalue weighted by Gasteiger charge is 2.16. The van der Waals surface area contributed by atoms with Crippen molar-refractivity contribution in [1.29, 1.82) is 0 Å². The first-order valence-corrected chi connectivity index (χ1v) is 7.33. The summed E-state index contributed by atoms with van der Waals surface area (Å²) in [5, 5.41) is 0.871. The zero-order valence-corrected chi connectivity index (χ0v) is 13.6. The molecule has 0 unspecified atom stereocenters. The number of rotatable bonds is 3. The first-order valence-electron chi connectivity index (χ1n) is 7.33. The monoisotopic (exact) mass is 325 g/mol. The average molecular weight is 325 g/mol. The van der Waals surface area contributed by atoms with Crippen LogP contribution >= 0.6 is 0 Å². The van der Waals surface area contributed by atoms with E-state index in [0.717, 1.165) is 5.39 Å². The number of halogens is 1. The van der Waals surface area contributed by atoms with Gasteiger partial charge in [0, 0.05) is 19.5 Å². The van der Waals surface area contributed by atoms with E-state index in [-0.39, 0.29) is 17.0 Å². The van der Waals surface area contributed by atoms with Gasteiger partial charge in [-0.3, -0.25) is 0 Å². The highest BCUT2D eigenvalue weighted by atomic mass is 19.1. The number of ether oxygens (including phenoxy) is 1. The number of hydrogen-bond acceptors (Lipinski definition) is 5. The third-order valence-electron chi connectivity index (χ3n) is 3.64. The van der Waals surface area contributed by atoms with Gasteiger partial charge in [0.2, 0.25) is 0 Å². The van der Waals surface area contributed by atoms with Crippen molar-refractivity contribution in [3.63, 3.8) is 0 Å². The number of carbonyl (C=O) groups excluding carboxylic acids is 1. The van der Waals surface area contributed by atoms with Crippen molar-refractivity contribution in [1.82, 2.24) is 9.97 Å². The molecule has 0 bridgehead atoms. The number of hydrogen-bond donors (Lipinski definition) is 0. The van der Waals surface area contributed by atoms with Crippen molar-refractivity contribution in [2.24, 2.45) is 0 Å². The van der Waals surface area contributed by atoms with Crippen LogP contribution < -0.4 is 4.90 Å². The van der Waals surface area contributed by atoms with Gasteiger partial charge in [0.05, 0.1) is 23.8 Å². The van der Waals surface area contributed by atoms with Gasteiger partial charge in [-0.1, -0.05) is 12.1 Å². The first kappa shape index (κ1) is 15.9. The van der Waals surface area contributed by atoms with Crippen LogP contribution in [0.1, 0.15) is 10.4 Å². The zero-order chi connectivity index (χ0) is 17.3. The molecule has 0 amide bonds. The molecule has 1 aromatic heterocycles. The number of anilines is 1. The summed E-state index contributed by atoms with van der Waals surface area (Å²) in [6.45, 7) is 0. The third-order valence-corrected chi connectivity index (χ3v) is 3.64. The van der Waals surface area contributed by atoms with Crippen LogP contribution in [0.15, 0.2) is 42.5 Å².